The number of nitrogens with one attached hydrogen (secondary N) is 1. The maximum absolute atomic E-state index is 13.0. The van der Waals surface area contributed by atoms with E-state index in [1.54, 1.807) is 4.90 Å². The second kappa shape index (κ2) is 8.74. The Kier molecular flexibility index (Phi) is 6.35. The van der Waals surface area contributed by atoms with Crippen molar-refractivity contribution in [3.8, 4) is 0 Å². The first-order valence-electron chi connectivity index (χ1n) is 8.81. The average Bonchev–Trinajstić information content (AvgIpc) is 3.14. The van der Waals surface area contributed by atoms with Crippen molar-refractivity contribution in [1.29, 1.82) is 0 Å². The lowest BCUT2D eigenvalue weighted by atomic mass is 10.1. The van der Waals surface area contributed by atoms with E-state index in [2.05, 4.69) is 5.32 Å². The molecule has 9 heteroatoms. The van der Waals surface area contributed by atoms with E-state index in [4.69, 9.17) is 0 Å². The predicted octanol–water partition coefficient (Wildman–Crippen LogP) is 3.09. The number of rotatable bonds is 5. The Bertz CT molecular complexity index is 816. The van der Waals surface area contributed by atoms with Crippen LogP contribution < -0.4 is 5.32 Å². The molecule has 0 radical (unpaired) electrons. The van der Waals surface area contributed by atoms with Gasteiger partial charge in [0.1, 0.15) is 0 Å². The number of hydrogen-bond donors (Lipinski definition) is 1. The molecule has 5 nitrogen and oxygen atoms in total. The fraction of sp³-hybridized carbons (Fsp3) is 0.368. The molecule has 1 aliphatic rings. The van der Waals surface area contributed by atoms with E-state index in [-0.39, 0.29) is 18.1 Å². The molecule has 3 rings (SSSR count). The van der Waals surface area contributed by atoms with Crippen molar-refractivity contribution < 1.29 is 22.8 Å². The number of alkyl halides is 3. The van der Waals surface area contributed by atoms with Gasteiger partial charge in [0.2, 0.25) is 11.8 Å². The summed E-state index contributed by atoms with van der Waals surface area (Å²) in [6.45, 7) is 1.99. The van der Waals surface area contributed by atoms with Gasteiger partial charge in [0.15, 0.2) is 0 Å². The van der Waals surface area contributed by atoms with Crippen LogP contribution in [0, 0.1) is 0 Å². The summed E-state index contributed by atoms with van der Waals surface area (Å²) in [4.78, 5) is 29.1. The number of anilines is 1. The third-order valence-electron chi connectivity index (χ3n) is 4.50. The van der Waals surface area contributed by atoms with Gasteiger partial charge in [-0.2, -0.15) is 13.2 Å². The lowest BCUT2D eigenvalue weighted by Gasteiger charge is -2.34. The molecule has 0 spiro atoms. The van der Waals surface area contributed by atoms with Gasteiger partial charge in [-0.25, -0.2) is 0 Å². The van der Waals surface area contributed by atoms with Gasteiger partial charge in [-0.1, -0.05) is 18.2 Å². The van der Waals surface area contributed by atoms with Gasteiger partial charge < -0.3 is 10.2 Å². The minimum absolute atomic E-state index is 0.0147. The molecule has 2 aromatic rings. The van der Waals surface area contributed by atoms with Crippen LogP contribution >= 0.6 is 11.3 Å². The quantitative estimate of drug-likeness (QED) is 0.823. The van der Waals surface area contributed by atoms with Crippen molar-refractivity contribution >= 4 is 28.8 Å². The number of benzene rings is 1. The number of para-hydroxylation sites is 1. The van der Waals surface area contributed by atoms with E-state index < -0.39 is 17.6 Å². The van der Waals surface area contributed by atoms with Crippen molar-refractivity contribution in [2.24, 2.45) is 0 Å². The molecule has 0 saturated carbocycles. The lowest BCUT2D eigenvalue weighted by molar-refractivity contribution is -0.137. The van der Waals surface area contributed by atoms with Gasteiger partial charge >= 0.3 is 6.18 Å². The highest BCUT2D eigenvalue weighted by Gasteiger charge is 2.33. The number of halogens is 3. The largest absolute Gasteiger partial charge is 0.418 e. The molecule has 1 saturated heterocycles. The van der Waals surface area contributed by atoms with Crippen LogP contribution in [0.1, 0.15) is 10.4 Å². The van der Waals surface area contributed by atoms with Crippen LogP contribution in [0.4, 0.5) is 18.9 Å². The van der Waals surface area contributed by atoms with Gasteiger partial charge in [-0.15, -0.1) is 11.3 Å². The van der Waals surface area contributed by atoms with Crippen LogP contribution in [0.15, 0.2) is 41.8 Å². The smallest absolute Gasteiger partial charge is 0.340 e. The Morgan fingerprint density at radius 2 is 1.75 bits per heavy atom. The number of carbonyl (C=O) groups excluding carboxylic acids is 2. The summed E-state index contributed by atoms with van der Waals surface area (Å²) >= 11 is 1.54. The first kappa shape index (κ1) is 20.3. The first-order chi connectivity index (χ1) is 13.3. The Hall–Kier alpha value is -2.39. The van der Waals surface area contributed by atoms with Crippen LogP contribution in [0.2, 0.25) is 0 Å². The highest BCUT2D eigenvalue weighted by molar-refractivity contribution is 7.10. The Morgan fingerprint density at radius 1 is 1.04 bits per heavy atom. The topological polar surface area (TPSA) is 52.7 Å². The Balaban J connectivity index is 1.49. The van der Waals surface area contributed by atoms with Crippen LogP contribution in [-0.4, -0.2) is 54.3 Å². The molecule has 0 atom stereocenters. The highest BCUT2D eigenvalue weighted by Crippen LogP contribution is 2.34. The van der Waals surface area contributed by atoms with E-state index in [0.717, 1.165) is 10.9 Å². The highest BCUT2D eigenvalue weighted by atomic mass is 32.1. The molecular weight excluding hydrogens is 391 g/mol. The molecule has 0 bridgehead atoms. The van der Waals surface area contributed by atoms with Gasteiger partial charge in [0, 0.05) is 31.1 Å². The normalized spacial score (nSPS) is 15.5. The fourth-order valence-electron chi connectivity index (χ4n) is 3.06. The molecule has 150 valence electrons. The standard InChI is InChI=1S/C19H20F3N3O2S/c20-19(21,22)15-5-1-2-6-16(15)23-17(26)13-24-7-9-25(10-8-24)18(27)12-14-4-3-11-28-14/h1-6,11H,7-10,12-13H2,(H,23,26). The van der Waals surface area contributed by atoms with Gasteiger partial charge in [0.05, 0.1) is 24.2 Å². The third kappa shape index (κ3) is 5.32. The zero-order chi connectivity index (χ0) is 20.1. The summed E-state index contributed by atoms with van der Waals surface area (Å²) in [6, 6.07) is 8.73. The first-order valence-corrected chi connectivity index (χ1v) is 9.69. The molecule has 2 amide bonds. The second-order valence-electron chi connectivity index (χ2n) is 6.50. The van der Waals surface area contributed by atoms with Crippen LogP contribution in [0.25, 0.3) is 0 Å². The SMILES string of the molecule is O=C(CN1CCN(C(=O)Cc2cccs2)CC1)Nc1ccccc1C(F)(F)F. The second-order valence-corrected chi connectivity index (χ2v) is 7.54. The number of amides is 2. The Morgan fingerprint density at radius 3 is 2.39 bits per heavy atom. The number of thiophene rings is 1. The van der Waals surface area contributed by atoms with Crippen molar-refractivity contribution in [3.63, 3.8) is 0 Å². The van der Waals surface area contributed by atoms with Crippen molar-refractivity contribution in [2.75, 3.05) is 38.0 Å². The summed E-state index contributed by atoms with van der Waals surface area (Å²) in [7, 11) is 0. The number of hydrogen-bond acceptors (Lipinski definition) is 4. The van der Waals surface area contributed by atoms with E-state index in [1.807, 2.05) is 22.4 Å². The summed E-state index contributed by atoms with van der Waals surface area (Å²) in [5, 5.41) is 4.27. The Labute approximate surface area is 164 Å². The van der Waals surface area contributed by atoms with Crippen molar-refractivity contribution in [1.82, 2.24) is 9.80 Å². The molecule has 1 aliphatic heterocycles. The fourth-order valence-corrected chi connectivity index (χ4v) is 3.76. The summed E-state index contributed by atoms with van der Waals surface area (Å²) in [5.41, 5.74) is -1.11. The number of carbonyl (C=O) groups is 2. The maximum Gasteiger partial charge on any atom is 0.418 e. The van der Waals surface area contributed by atoms with Crippen molar-refractivity contribution in [3.05, 3.63) is 52.2 Å². The minimum Gasteiger partial charge on any atom is -0.340 e. The molecule has 0 aliphatic carbocycles. The predicted molar refractivity (Wildman–Crippen MR) is 101 cm³/mol. The molecule has 2 heterocycles. The lowest BCUT2D eigenvalue weighted by Crippen LogP contribution is -2.50. The molecule has 1 aromatic carbocycles. The summed E-state index contributed by atoms with van der Waals surface area (Å²) in [5.74, 6) is -0.458. The monoisotopic (exact) mass is 411 g/mol. The zero-order valence-electron chi connectivity index (χ0n) is 15.0. The van der Waals surface area contributed by atoms with Gasteiger partial charge in [0.25, 0.3) is 0 Å². The number of piperazine rings is 1. The van der Waals surface area contributed by atoms with Gasteiger partial charge in [-0.05, 0) is 23.6 Å². The number of nitrogens with zero attached hydrogens (tertiary/aromatic N) is 2. The molecule has 1 aromatic heterocycles. The summed E-state index contributed by atoms with van der Waals surface area (Å²) < 4.78 is 39.0. The van der Waals surface area contributed by atoms with Crippen LogP contribution in [0.5, 0.6) is 0 Å². The summed E-state index contributed by atoms with van der Waals surface area (Å²) in [6.07, 6.45) is -4.16. The maximum atomic E-state index is 13.0. The van der Waals surface area contributed by atoms with Gasteiger partial charge in [-0.3, -0.25) is 14.5 Å². The van der Waals surface area contributed by atoms with E-state index in [9.17, 15) is 22.8 Å². The van der Waals surface area contributed by atoms with E-state index in [0.29, 0.717) is 32.6 Å². The molecule has 28 heavy (non-hydrogen) atoms. The molecular formula is C19H20F3N3O2S. The minimum atomic E-state index is -4.53. The van der Waals surface area contributed by atoms with Crippen molar-refractivity contribution in [2.45, 2.75) is 12.6 Å². The zero-order valence-corrected chi connectivity index (χ0v) is 15.9. The van der Waals surface area contributed by atoms with E-state index in [1.165, 1.54) is 29.5 Å². The third-order valence-corrected chi connectivity index (χ3v) is 5.38. The van der Waals surface area contributed by atoms with E-state index >= 15 is 0 Å². The van der Waals surface area contributed by atoms with Crippen LogP contribution in [0.3, 0.4) is 0 Å². The molecule has 1 N–H and O–H groups in total. The van der Waals surface area contributed by atoms with Crippen LogP contribution in [-0.2, 0) is 22.2 Å². The average molecular weight is 411 g/mol. The molecule has 1 fully saturated rings. The molecule has 0 unspecified atom stereocenters.